The van der Waals surface area contributed by atoms with Crippen molar-refractivity contribution < 1.29 is 4.79 Å². The van der Waals surface area contributed by atoms with Crippen LogP contribution in [0.15, 0.2) is 11.4 Å². The molecule has 18 heavy (non-hydrogen) atoms. The molecule has 1 unspecified atom stereocenters. The molecule has 0 saturated carbocycles. The van der Waals surface area contributed by atoms with Crippen molar-refractivity contribution in [3.63, 3.8) is 0 Å². The van der Waals surface area contributed by atoms with Crippen LogP contribution in [-0.2, 0) is 4.79 Å². The summed E-state index contributed by atoms with van der Waals surface area (Å²) in [6, 6.07) is 3.97. The van der Waals surface area contributed by atoms with Crippen LogP contribution >= 0.6 is 23.1 Å². The lowest BCUT2D eigenvalue weighted by atomic mass is 10.3. The lowest BCUT2D eigenvalue weighted by Gasteiger charge is -2.05. The molecule has 1 amide bonds. The molecule has 1 rings (SSSR count). The Balaban J connectivity index is 2.20. The van der Waals surface area contributed by atoms with Crippen LogP contribution in [0.2, 0.25) is 0 Å². The largest absolute Gasteiger partial charge is 0.328 e. The molecule has 0 aliphatic heterocycles. The quantitative estimate of drug-likeness (QED) is 0.753. The van der Waals surface area contributed by atoms with E-state index >= 15 is 0 Å². The molecule has 3 N–H and O–H groups in total. The van der Waals surface area contributed by atoms with Crippen LogP contribution < -0.4 is 11.1 Å². The average molecular weight is 283 g/mol. The number of hydrogen-bond acceptors (Lipinski definition) is 5. The Morgan fingerprint density at radius 1 is 1.67 bits per heavy atom. The van der Waals surface area contributed by atoms with Crippen molar-refractivity contribution in [2.45, 2.75) is 25.8 Å². The second-order valence-corrected chi connectivity index (χ2v) is 6.09. The minimum Gasteiger partial charge on any atom is -0.328 e. The lowest BCUT2D eigenvalue weighted by molar-refractivity contribution is -0.115. The maximum absolute atomic E-state index is 11.6. The molecule has 1 atom stereocenters. The van der Waals surface area contributed by atoms with Crippen molar-refractivity contribution >= 4 is 34.0 Å². The van der Waals surface area contributed by atoms with Gasteiger partial charge in [-0.1, -0.05) is 0 Å². The van der Waals surface area contributed by atoms with E-state index in [1.54, 1.807) is 23.2 Å². The minimum atomic E-state index is -0.0396. The molecule has 0 bridgehead atoms. The van der Waals surface area contributed by atoms with Crippen LogP contribution in [0.25, 0.3) is 0 Å². The van der Waals surface area contributed by atoms with Gasteiger partial charge in [-0.2, -0.15) is 17.0 Å². The number of hydrogen-bond donors (Lipinski definition) is 2. The van der Waals surface area contributed by atoms with Crippen LogP contribution in [0.1, 0.15) is 25.3 Å². The van der Waals surface area contributed by atoms with Gasteiger partial charge in [0, 0.05) is 18.2 Å². The van der Waals surface area contributed by atoms with Crippen LogP contribution in [0.3, 0.4) is 0 Å². The number of nitrogens with two attached hydrogens (primary N) is 1. The first-order valence-electron chi connectivity index (χ1n) is 5.74. The van der Waals surface area contributed by atoms with Gasteiger partial charge in [0.25, 0.3) is 0 Å². The molecule has 98 valence electrons. The van der Waals surface area contributed by atoms with Crippen molar-refractivity contribution in [2.75, 3.05) is 16.8 Å². The molecule has 6 heteroatoms. The third-order valence-corrected chi connectivity index (χ3v) is 4.08. The van der Waals surface area contributed by atoms with Gasteiger partial charge >= 0.3 is 0 Å². The minimum absolute atomic E-state index is 0.0396. The summed E-state index contributed by atoms with van der Waals surface area (Å²) in [5.74, 6) is 1.72. The Bertz CT molecular complexity index is 423. The second-order valence-electron chi connectivity index (χ2n) is 3.95. The molecule has 0 aliphatic carbocycles. The van der Waals surface area contributed by atoms with E-state index in [2.05, 4.69) is 5.32 Å². The molecular weight excluding hydrogens is 266 g/mol. The summed E-state index contributed by atoms with van der Waals surface area (Å²) in [4.78, 5) is 11.6. The normalized spacial score (nSPS) is 11.8. The topological polar surface area (TPSA) is 78.9 Å². The Labute approximate surface area is 116 Å². The van der Waals surface area contributed by atoms with E-state index in [0.29, 0.717) is 17.0 Å². The molecule has 4 nitrogen and oxygen atoms in total. The van der Waals surface area contributed by atoms with Crippen molar-refractivity contribution in [2.24, 2.45) is 5.73 Å². The first kappa shape index (κ1) is 15.0. The highest BCUT2D eigenvalue weighted by atomic mass is 32.2. The highest BCUT2D eigenvalue weighted by molar-refractivity contribution is 7.99. The maximum atomic E-state index is 11.6. The average Bonchev–Trinajstić information content (AvgIpc) is 2.75. The number of amides is 1. The fraction of sp³-hybridized carbons (Fsp3) is 0.500. The summed E-state index contributed by atoms with van der Waals surface area (Å²) in [6.45, 7) is 1.98. The number of rotatable bonds is 7. The van der Waals surface area contributed by atoms with Gasteiger partial charge in [0.15, 0.2) is 0 Å². The smallest absolute Gasteiger partial charge is 0.225 e. The summed E-state index contributed by atoms with van der Waals surface area (Å²) in [5, 5.41) is 14.0. The summed E-state index contributed by atoms with van der Waals surface area (Å²) in [7, 11) is 0. The Kier molecular flexibility index (Phi) is 6.80. The highest BCUT2D eigenvalue weighted by Gasteiger charge is 2.07. The molecule has 0 spiro atoms. The molecule has 0 radical (unpaired) electrons. The second kappa shape index (κ2) is 8.14. The number of carbonyl (C=O) groups excluding carboxylic acids is 1. The molecular formula is C12H17N3OS2. The Morgan fingerprint density at radius 2 is 2.44 bits per heavy atom. The van der Waals surface area contributed by atoms with Crippen LogP contribution in [0, 0.1) is 11.3 Å². The number of thiophene rings is 1. The van der Waals surface area contributed by atoms with Gasteiger partial charge in [-0.05, 0) is 30.5 Å². The highest BCUT2D eigenvalue weighted by Crippen LogP contribution is 2.22. The van der Waals surface area contributed by atoms with Crippen molar-refractivity contribution in [3.05, 3.63) is 17.0 Å². The van der Waals surface area contributed by atoms with E-state index in [1.165, 1.54) is 11.3 Å². The van der Waals surface area contributed by atoms with Gasteiger partial charge in [0.1, 0.15) is 11.1 Å². The zero-order valence-corrected chi connectivity index (χ0v) is 11.9. The van der Waals surface area contributed by atoms with Crippen molar-refractivity contribution in [1.29, 1.82) is 5.26 Å². The third kappa shape index (κ3) is 5.54. The fourth-order valence-electron chi connectivity index (χ4n) is 1.22. The molecule has 1 heterocycles. The number of nitriles is 1. The Hall–Kier alpha value is -1.03. The number of nitrogens with one attached hydrogen (secondary N) is 1. The van der Waals surface area contributed by atoms with Gasteiger partial charge in [0.2, 0.25) is 5.91 Å². The summed E-state index contributed by atoms with van der Waals surface area (Å²) < 4.78 is 0. The van der Waals surface area contributed by atoms with Gasteiger partial charge in [0.05, 0.1) is 5.56 Å². The first-order chi connectivity index (χ1) is 8.63. The number of nitrogens with zero attached hydrogens (tertiary/aromatic N) is 1. The first-order valence-corrected chi connectivity index (χ1v) is 7.77. The van der Waals surface area contributed by atoms with E-state index in [4.69, 9.17) is 11.0 Å². The molecule has 0 fully saturated rings. The maximum Gasteiger partial charge on any atom is 0.225 e. The Morgan fingerprint density at radius 3 is 3.11 bits per heavy atom. The van der Waals surface area contributed by atoms with Crippen LogP contribution in [0.5, 0.6) is 0 Å². The summed E-state index contributed by atoms with van der Waals surface area (Å²) >= 11 is 3.10. The molecule has 0 saturated heterocycles. The van der Waals surface area contributed by atoms with Crippen molar-refractivity contribution in [3.8, 4) is 6.07 Å². The van der Waals surface area contributed by atoms with E-state index < -0.39 is 0 Å². The van der Waals surface area contributed by atoms with E-state index in [0.717, 1.165) is 17.9 Å². The van der Waals surface area contributed by atoms with E-state index in [9.17, 15) is 4.79 Å². The molecule has 0 aromatic carbocycles. The number of carbonyl (C=O) groups is 1. The fourth-order valence-corrected chi connectivity index (χ4v) is 3.05. The number of anilines is 1. The van der Waals surface area contributed by atoms with E-state index in [-0.39, 0.29) is 11.9 Å². The third-order valence-electron chi connectivity index (χ3n) is 2.23. The zero-order valence-electron chi connectivity index (χ0n) is 10.3. The summed E-state index contributed by atoms with van der Waals surface area (Å²) in [6.07, 6.45) is 1.43. The van der Waals surface area contributed by atoms with Gasteiger partial charge < -0.3 is 11.1 Å². The SMILES string of the molecule is CC(N)CCSCCC(=O)Nc1sccc1C#N. The molecule has 0 aliphatic rings. The predicted molar refractivity (Wildman–Crippen MR) is 77.9 cm³/mol. The monoisotopic (exact) mass is 283 g/mol. The van der Waals surface area contributed by atoms with Gasteiger partial charge in [-0.15, -0.1) is 11.3 Å². The number of thioether (sulfide) groups is 1. The predicted octanol–water partition coefficient (Wildman–Crippen LogP) is 2.42. The molecule has 1 aromatic rings. The van der Waals surface area contributed by atoms with E-state index in [1.807, 2.05) is 13.0 Å². The zero-order chi connectivity index (χ0) is 13.4. The van der Waals surface area contributed by atoms with Gasteiger partial charge in [-0.3, -0.25) is 4.79 Å². The van der Waals surface area contributed by atoms with Gasteiger partial charge in [-0.25, -0.2) is 0 Å². The lowest BCUT2D eigenvalue weighted by Crippen LogP contribution is -2.16. The van der Waals surface area contributed by atoms with Crippen LogP contribution in [0.4, 0.5) is 5.00 Å². The standard InChI is InChI=1S/C12H17N3OS2/c1-9(14)2-5-17-6-4-11(16)15-12-10(8-13)3-7-18-12/h3,7,9H,2,4-6,14H2,1H3,(H,15,16). The summed E-state index contributed by atoms with van der Waals surface area (Å²) in [5.41, 5.74) is 6.16. The molecule has 1 aromatic heterocycles. The van der Waals surface area contributed by atoms with Crippen LogP contribution in [-0.4, -0.2) is 23.5 Å². The van der Waals surface area contributed by atoms with Crippen molar-refractivity contribution in [1.82, 2.24) is 0 Å².